The van der Waals surface area contributed by atoms with Gasteiger partial charge < -0.3 is 19.2 Å². The highest BCUT2D eigenvalue weighted by atomic mass is 16.7. The molecule has 0 aliphatic carbocycles. The van der Waals surface area contributed by atoms with Gasteiger partial charge in [0.25, 0.3) is 0 Å². The average Bonchev–Trinajstić information content (AvgIpc) is 2.89. The van der Waals surface area contributed by atoms with Crippen molar-refractivity contribution >= 4 is 12.4 Å². The lowest BCUT2D eigenvalue weighted by Gasteiger charge is -2.19. The van der Waals surface area contributed by atoms with Gasteiger partial charge in [0, 0.05) is 25.9 Å². The number of nitrogens with zero attached hydrogens (tertiary/aromatic N) is 1. The lowest BCUT2D eigenvalue weighted by molar-refractivity contribution is -0.118. The van der Waals surface area contributed by atoms with Crippen LogP contribution in [0, 0.1) is 0 Å². The molecule has 2 atom stereocenters. The smallest absolute Gasteiger partial charge is 0.412 e. The molecular formula is C11H17NO4. The van der Waals surface area contributed by atoms with E-state index in [1.807, 2.05) is 0 Å². The number of rotatable bonds is 3. The van der Waals surface area contributed by atoms with Gasteiger partial charge in [0.05, 0.1) is 6.10 Å². The van der Waals surface area contributed by atoms with Crippen LogP contribution >= 0.6 is 0 Å². The van der Waals surface area contributed by atoms with Gasteiger partial charge in [-0.05, 0) is 19.3 Å². The Balaban J connectivity index is 1.73. The minimum absolute atomic E-state index is 0.0751. The summed E-state index contributed by atoms with van der Waals surface area (Å²) in [4.78, 5) is 23.6. The molecule has 2 unspecified atom stereocenters. The standard InChI is InChI=1S/C11H17NO4/c13-8-5-9-3-4-10(15-9)16-11(14)12-6-1-2-7-12/h8-10H,1-7H2. The SMILES string of the molecule is O=CCC1CCC(OC(=O)N2CCCC2)O1. The molecule has 0 aromatic heterocycles. The maximum atomic E-state index is 11.6. The summed E-state index contributed by atoms with van der Waals surface area (Å²) in [6.07, 6.45) is 3.99. The van der Waals surface area contributed by atoms with Gasteiger partial charge in [0.15, 0.2) is 0 Å². The summed E-state index contributed by atoms with van der Waals surface area (Å²) in [7, 11) is 0. The van der Waals surface area contributed by atoms with Crippen LogP contribution in [0.25, 0.3) is 0 Å². The Morgan fingerprint density at radius 2 is 2.12 bits per heavy atom. The van der Waals surface area contributed by atoms with Gasteiger partial charge in [-0.1, -0.05) is 0 Å². The normalized spacial score (nSPS) is 29.4. The van der Waals surface area contributed by atoms with Crippen LogP contribution in [-0.4, -0.2) is 42.8 Å². The first-order valence-electron chi connectivity index (χ1n) is 5.84. The molecule has 0 N–H and O–H groups in total. The van der Waals surface area contributed by atoms with Crippen LogP contribution in [-0.2, 0) is 14.3 Å². The summed E-state index contributed by atoms with van der Waals surface area (Å²) >= 11 is 0. The minimum atomic E-state index is -0.460. The maximum absolute atomic E-state index is 11.6. The molecule has 2 rings (SSSR count). The Morgan fingerprint density at radius 1 is 1.38 bits per heavy atom. The van der Waals surface area contributed by atoms with E-state index < -0.39 is 6.29 Å². The van der Waals surface area contributed by atoms with Crippen molar-refractivity contribution in [2.24, 2.45) is 0 Å². The first-order valence-corrected chi connectivity index (χ1v) is 5.84. The van der Waals surface area contributed by atoms with E-state index in [0.29, 0.717) is 12.8 Å². The molecule has 2 aliphatic rings. The van der Waals surface area contributed by atoms with Crippen molar-refractivity contribution in [1.82, 2.24) is 4.90 Å². The molecule has 0 spiro atoms. The average molecular weight is 227 g/mol. The van der Waals surface area contributed by atoms with Crippen LogP contribution in [0.5, 0.6) is 0 Å². The van der Waals surface area contributed by atoms with E-state index in [9.17, 15) is 9.59 Å². The molecule has 5 nitrogen and oxygen atoms in total. The molecule has 2 aliphatic heterocycles. The second-order valence-electron chi connectivity index (χ2n) is 4.25. The zero-order valence-corrected chi connectivity index (χ0v) is 9.26. The van der Waals surface area contributed by atoms with Gasteiger partial charge in [0.2, 0.25) is 6.29 Å². The predicted molar refractivity (Wildman–Crippen MR) is 55.9 cm³/mol. The largest absolute Gasteiger partial charge is 0.419 e. The van der Waals surface area contributed by atoms with Gasteiger partial charge in [-0.15, -0.1) is 0 Å². The molecule has 2 saturated heterocycles. The van der Waals surface area contributed by atoms with Gasteiger partial charge in [-0.3, -0.25) is 0 Å². The highest BCUT2D eigenvalue weighted by Gasteiger charge is 2.30. The highest BCUT2D eigenvalue weighted by molar-refractivity contribution is 5.68. The van der Waals surface area contributed by atoms with E-state index >= 15 is 0 Å². The summed E-state index contributed by atoms with van der Waals surface area (Å²) in [6, 6.07) is 0. The molecule has 16 heavy (non-hydrogen) atoms. The Labute approximate surface area is 94.7 Å². The third-order valence-electron chi connectivity index (χ3n) is 3.02. The van der Waals surface area contributed by atoms with Crippen molar-refractivity contribution in [2.45, 2.75) is 44.5 Å². The van der Waals surface area contributed by atoms with Crippen LogP contribution in [0.4, 0.5) is 4.79 Å². The quantitative estimate of drug-likeness (QED) is 0.682. The number of ether oxygens (including phenoxy) is 2. The molecule has 0 aromatic carbocycles. The lowest BCUT2D eigenvalue weighted by atomic mass is 10.2. The van der Waals surface area contributed by atoms with Crippen LogP contribution in [0.3, 0.4) is 0 Å². The number of aldehydes is 1. The monoisotopic (exact) mass is 227 g/mol. The van der Waals surface area contributed by atoms with Crippen molar-refractivity contribution < 1.29 is 19.1 Å². The van der Waals surface area contributed by atoms with Crippen LogP contribution in [0.15, 0.2) is 0 Å². The molecule has 0 saturated carbocycles. The Hall–Kier alpha value is -1.10. The molecule has 90 valence electrons. The van der Waals surface area contributed by atoms with E-state index in [-0.39, 0.29) is 12.2 Å². The molecule has 0 bridgehead atoms. The van der Waals surface area contributed by atoms with Gasteiger partial charge in [0.1, 0.15) is 6.29 Å². The number of amides is 1. The third-order valence-corrected chi connectivity index (χ3v) is 3.02. The number of carbonyl (C=O) groups is 2. The molecule has 0 aromatic rings. The van der Waals surface area contributed by atoms with E-state index in [2.05, 4.69) is 0 Å². The fourth-order valence-corrected chi connectivity index (χ4v) is 2.13. The zero-order chi connectivity index (χ0) is 11.4. The molecular weight excluding hydrogens is 210 g/mol. The van der Waals surface area contributed by atoms with Crippen molar-refractivity contribution in [3.8, 4) is 0 Å². The van der Waals surface area contributed by atoms with Crippen LogP contribution in [0.2, 0.25) is 0 Å². The molecule has 2 heterocycles. The number of hydrogen-bond acceptors (Lipinski definition) is 4. The molecule has 2 fully saturated rings. The molecule has 0 radical (unpaired) electrons. The number of hydrogen-bond donors (Lipinski definition) is 0. The van der Waals surface area contributed by atoms with Crippen LogP contribution in [0.1, 0.15) is 32.1 Å². The fraction of sp³-hybridized carbons (Fsp3) is 0.818. The van der Waals surface area contributed by atoms with Gasteiger partial charge in [-0.25, -0.2) is 4.79 Å². The molecule has 5 heteroatoms. The van der Waals surface area contributed by atoms with Gasteiger partial charge in [-0.2, -0.15) is 0 Å². The van der Waals surface area contributed by atoms with Crippen molar-refractivity contribution in [1.29, 1.82) is 0 Å². The second-order valence-corrected chi connectivity index (χ2v) is 4.25. The first-order chi connectivity index (χ1) is 7.79. The lowest BCUT2D eigenvalue weighted by Crippen LogP contribution is -2.32. The van der Waals surface area contributed by atoms with E-state index in [0.717, 1.165) is 38.6 Å². The number of carbonyl (C=O) groups excluding carboxylic acids is 2. The highest BCUT2D eigenvalue weighted by Crippen LogP contribution is 2.23. The third kappa shape index (κ3) is 2.72. The topological polar surface area (TPSA) is 55.8 Å². The molecule has 1 amide bonds. The van der Waals surface area contributed by atoms with Crippen molar-refractivity contribution in [3.63, 3.8) is 0 Å². The number of likely N-dealkylation sites (tertiary alicyclic amines) is 1. The van der Waals surface area contributed by atoms with Gasteiger partial charge >= 0.3 is 6.09 Å². The summed E-state index contributed by atoms with van der Waals surface area (Å²) in [6.45, 7) is 1.56. The Bertz CT molecular complexity index is 263. The van der Waals surface area contributed by atoms with E-state index in [1.54, 1.807) is 4.90 Å². The summed E-state index contributed by atoms with van der Waals surface area (Å²) < 4.78 is 10.7. The summed E-state index contributed by atoms with van der Waals surface area (Å²) in [5, 5.41) is 0. The Kier molecular flexibility index (Phi) is 3.77. The van der Waals surface area contributed by atoms with Crippen molar-refractivity contribution in [2.75, 3.05) is 13.1 Å². The zero-order valence-electron chi connectivity index (χ0n) is 9.26. The summed E-state index contributed by atoms with van der Waals surface area (Å²) in [5.74, 6) is 0. The van der Waals surface area contributed by atoms with Crippen molar-refractivity contribution in [3.05, 3.63) is 0 Å². The van der Waals surface area contributed by atoms with Crippen LogP contribution < -0.4 is 0 Å². The van der Waals surface area contributed by atoms with E-state index in [1.165, 1.54) is 0 Å². The predicted octanol–water partition coefficient (Wildman–Crippen LogP) is 1.31. The minimum Gasteiger partial charge on any atom is -0.419 e. The Morgan fingerprint density at radius 3 is 2.81 bits per heavy atom. The maximum Gasteiger partial charge on any atom is 0.412 e. The van der Waals surface area contributed by atoms with E-state index in [4.69, 9.17) is 9.47 Å². The first kappa shape index (κ1) is 11.4. The summed E-state index contributed by atoms with van der Waals surface area (Å²) in [5.41, 5.74) is 0. The fourth-order valence-electron chi connectivity index (χ4n) is 2.13. The second kappa shape index (κ2) is 5.30.